The Hall–Kier alpha value is -0.870. The van der Waals surface area contributed by atoms with Crippen molar-refractivity contribution < 1.29 is 0 Å². The molecule has 2 aliphatic rings. The van der Waals surface area contributed by atoms with Gasteiger partial charge in [-0.05, 0) is 51.9 Å². The lowest BCUT2D eigenvalue weighted by atomic mass is 9.98. The summed E-state index contributed by atoms with van der Waals surface area (Å²) in [6.07, 6.45) is 8.37. The Morgan fingerprint density at radius 1 is 1.22 bits per heavy atom. The van der Waals surface area contributed by atoms with Crippen molar-refractivity contribution in [2.75, 3.05) is 32.7 Å². The molecule has 0 atom stereocenters. The molecule has 0 spiro atoms. The minimum absolute atomic E-state index is 0.645. The smallest absolute Gasteiger partial charge is 0.109 e. The lowest BCUT2D eigenvalue weighted by Gasteiger charge is -2.20. The highest BCUT2D eigenvalue weighted by Crippen LogP contribution is 2.22. The molecule has 1 aromatic heterocycles. The summed E-state index contributed by atoms with van der Waals surface area (Å²) in [4.78, 5) is 10.7. The zero-order chi connectivity index (χ0) is 12.2. The number of hydrogen-bond acceptors (Lipinski definition) is 3. The number of imidazole rings is 1. The molecule has 2 aliphatic heterocycles. The number of H-pyrrole nitrogens is 1. The molecule has 4 heteroatoms. The normalized spacial score (nSPS) is 22.7. The molecule has 1 aromatic rings. The molecule has 0 unspecified atom stereocenters. The predicted molar refractivity (Wildman–Crippen MR) is 72.8 cm³/mol. The van der Waals surface area contributed by atoms with E-state index in [4.69, 9.17) is 0 Å². The Bertz CT molecular complexity index is 362. The number of nitrogens with one attached hydrogen (secondary N) is 2. The van der Waals surface area contributed by atoms with Crippen molar-refractivity contribution in [2.24, 2.45) is 0 Å². The maximum absolute atomic E-state index is 4.58. The monoisotopic (exact) mass is 248 g/mol. The molecule has 3 heterocycles. The van der Waals surface area contributed by atoms with Gasteiger partial charge in [0.15, 0.2) is 0 Å². The first kappa shape index (κ1) is 12.2. The SMILES string of the molecule is c1nc(C2CCNCC2)[nH]c1CCN1CCCC1. The fraction of sp³-hybridized carbons (Fsp3) is 0.786. The molecule has 4 nitrogen and oxygen atoms in total. The zero-order valence-corrected chi connectivity index (χ0v) is 11.1. The molecule has 2 saturated heterocycles. The van der Waals surface area contributed by atoms with Gasteiger partial charge in [-0.15, -0.1) is 0 Å². The van der Waals surface area contributed by atoms with Gasteiger partial charge in [0.1, 0.15) is 5.82 Å². The number of piperidine rings is 1. The summed E-state index contributed by atoms with van der Waals surface area (Å²) >= 11 is 0. The van der Waals surface area contributed by atoms with Gasteiger partial charge in [0.05, 0.1) is 0 Å². The van der Waals surface area contributed by atoms with Crippen molar-refractivity contribution in [3.63, 3.8) is 0 Å². The second-order valence-electron chi connectivity index (χ2n) is 5.62. The number of aromatic amines is 1. The number of likely N-dealkylation sites (tertiary alicyclic amines) is 1. The molecular formula is C14H24N4. The summed E-state index contributed by atoms with van der Waals surface area (Å²) in [5.74, 6) is 1.86. The second kappa shape index (κ2) is 5.85. The quantitative estimate of drug-likeness (QED) is 0.849. The fourth-order valence-corrected chi connectivity index (χ4v) is 3.09. The van der Waals surface area contributed by atoms with Crippen molar-refractivity contribution in [2.45, 2.75) is 38.0 Å². The standard InChI is InChI=1S/C14H24N4/c1-2-9-18(8-1)10-5-13-11-16-14(17-13)12-3-6-15-7-4-12/h11-12,15H,1-10H2,(H,16,17). The highest BCUT2D eigenvalue weighted by Gasteiger charge is 2.18. The van der Waals surface area contributed by atoms with Crippen molar-refractivity contribution in [3.05, 3.63) is 17.7 Å². The van der Waals surface area contributed by atoms with E-state index < -0.39 is 0 Å². The molecule has 0 radical (unpaired) electrons. The molecule has 3 rings (SSSR count). The molecule has 0 saturated carbocycles. The van der Waals surface area contributed by atoms with Crippen LogP contribution in [-0.4, -0.2) is 47.6 Å². The van der Waals surface area contributed by atoms with Gasteiger partial charge < -0.3 is 15.2 Å². The van der Waals surface area contributed by atoms with Crippen LogP contribution in [0.4, 0.5) is 0 Å². The number of aromatic nitrogens is 2. The minimum atomic E-state index is 0.645. The van der Waals surface area contributed by atoms with Crippen molar-refractivity contribution >= 4 is 0 Å². The first-order valence-electron chi connectivity index (χ1n) is 7.38. The minimum Gasteiger partial charge on any atom is -0.346 e. The van der Waals surface area contributed by atoms with Crippen LogP contribution in [0.25, 0.3) is 0 Å². The van der Waals surface area contributed by atoms with Gasteiger partial charge in [-0.3, -0.25) is 0 Å². The molecule has 100 valence electrons. The average Bonchev–Trinajstić information content (AvgIpc) is 3.09. The molecule has 2 fully saturated rings. The highest BCUT2D eigenvalue weighted by molar-refractivity contribution is 5.07. The van der Waals surface area contributed by atoms with Crippen LogP contribution in [0.1, 0.15) is 43.1 Å². The van der Waals surface area contributed by atoms with Gasteiger partial charge >= 0.3 is 0 Å². The van der Waals surface area contributed by atoms with Gasteiger partial charge in [0.25, 0.3) is 0 Å². The summed E-state index contributed by atoms with van der Waals surface area (Å²) in [5.41, 5.74) is 1.32. The first-order valence-corrected chi connectivity index (χ1v) is 7.38. The Morgan fingerprint density at radius 3 is 2.78 bits per heavy atom. The Morgan fingerprint density at radius 2 is 2.00 bits per heavy atom. The summed E-state index contributed by atoms with van der Waals surface area (Å²) in [6.45, 7) is 6.03. The number of hydrogen-bond donors (Lipinski definition) is 2. The van der Waals surface area contributed by atoms with Crippen LogP contribution in [0.2, 0.25) is 0 Å². The number of nitrogens with zero attached hydrogens (tertiary/aromatic N) is 2. The van der Waals surface area contributed by atoms with E-state index >= 15 is 0 Å². The van der Waals surface area contributed by atoms with E-state index in [1.807, 2.05) is 6.20 Å². The molecule has 0 aromatic carbocycles. The maximum atomic E-state index is 4.58. The predicted octanol–water partition coefficient (Wildman–Crippen LogP) is 1.51. The van der Waals surface area contributed by atoms with Gasteiger partial charge in [-0.2, -0.15) is 0 Å². The van der Waals surface area contributed by atoms with Crippen LogP contribution in [0, 0.1) is 0 Å². The number of rotatable bonds is 4. The highest BCUT2D eigenvalue weighted by atomic mass is 15.1. The third-order valence-electron chi connectivity index (χ3n) is 4.27. The van der Waals surface area contributed by atoms with Crippen LogP contribution in [0.3, 0.4) is 0 Å². The van der Waals surface area contributed by atoms with Gasteiger partial charge in [0.2, 0.25) is 0 Å². The van der Waals surface area contributed by atoms with E-state index in [-0.39, 0.29) is 0 Å². The summed E-state index contributed by atoms with van der Waals surface area (Å²) < 4.78 is 0. The van der Waals surface area contributed by atoms with Crippen LogP contribution >= 0.6 is 0 Å². The van der Waals surface area contributed by atoms with Crippen molar-refractivity contribution in [3.8, 4) is 0 Å². The van der Waals surface area contributed by atoms with E-state index in [1.165, 1.54) is 56.8 Å². The van der Waals surface area contributed by atoms with Crippen LogP contribution < -0.4 is 5.32 Å². The van der Waals surface area contributed by atoms with E-state index in [0.29, 0.717) is 5.92 Å². The Labute approximate surface area is 109 Å². The average molecular weight is 248 g/mol. The van der Waals surface area contributed by atoms with Crippen LogP contribution in [0.15, 0.2) is 6.20 Å². The first-order chi connectivity index (χ1) is 8.92. The Kier molecular flexibility index (Phi) is 3.96. The third kappa shape index (κ3) is 2.93. The lowest BCUT2D eigenvalue weighted by Crippen LogP contribution is -2.27. The van der Waals surface area contributed by atoms with Gasteiger partial charge in [0, 0.05) is 30.8 Å². The Balaban J connectivity index is 1.52. The van der Waals surface area contributed by atoms with Gasteiger partial charge in [-0.1, -0.05) is 0 Å². The summed E-state index contributed by atoms with van der Waals surface area (Å²) in [6, 6.07) is 0. The van der Waals surface area contributed by atoms with Crippen molar-refractivity contribution in [1.82, 2.24) is 20.2 Å². The fourth-order valence-electron chi connectivity index (χ4n) is 3.09. The van der Waals surface area contributed by atoms with Crippen LogP contribution in [-0.2, 0) is 6.42 Å². The largest absolute Gasteiger partial charge is 0.346 e. The molecule has 2 N–H and O–H groups in total. The van der Waals surface area contributed by atoms with Crippen LogP contribution in [0.5, 0.6) is 0 Å². The molecule has 18 heavy (non-hydrogen) atoms. The summed E-state index contributed by atoms with van der Waals surface area (Å²) in [7, 11) is 0. The molecule has 0 amide bonds. The van der Waals surface area contributed by atoms with Gasteiger partial charge in [-0.25, -0.2) is 4.98 Å². The van der Waals surface area contributed by atoms with E-state index in [1.54, 1.807) is 0 Å². The van der Waals surface area contributed by atoms with E-state index in [9.17, 15) is 0 Å². The summed E-state index contributed by atoms with van der Waals surface area (Å²) in [5, 5.41) is 3.41. The topological polar surface area (TPSA) is 44.0 Å². The lowest BCUT2D eigenvalue weighted by molar-refractivity contribution is 0.342. The molecular weight excluding hydrogens is 224 g/mol. The molecule has 0 bridgehead atoms. The zero-order valence-electron chi connectivity index (χ0n) is 11.1. The maximum Gasteiger partial charge on any atom is 0.109 e. The third-order valence-corrected chi connectivity index (χ3v) is 4.27. The van der Waals surface area contributed by atoms with E-state index in [2.05, 4.69) is 20.2 Å². The molecule has 0 aliphatic carbocycles. The van der Waals surface area contributed by atoms with Crippen molar-refractivity contribution in [1.29, 1.82) is 0 Å². The van der Waals surface area contributed by atoms with E-state index in [0.717, 1.165) is 19.5 Å². The second-order valence-corrected chi connectivity index (χ2v) is 5.62.